The molecule has 0 unspecified atom stereocenters. The monoisotopic (exact) mass is 319 g/mol. The summed E-state index contributed by atoms with van der Waals surface area (Å²) in [7, 11) is 0. The lowest BCUT2D eigenvalue weighted by Gasteiger charge is -2.01. The number of anilines is 1. The van der Waals surface area contributed by atoms with Gasteiger partial charge in [0.1, 0.15) is 10.8 Å². The number of nitrogens with one attached hydrogen (secondary N) is 1. The third-order valence-electron chi connectivity index (χ3n) is 3.36. The first-order chi connectivity index (χ1) is 10.6. The van der Waals surface area contributed by atoms with E-state index in [0.29, 0.717) is 16.6 Å². The Morgan fingerprint density at radius 2 is 1.91 bits per heavy atom. The van der Waals surface area contributed by atoms with Crippen LogP contribution in [0.15, 0.2) is 24.3 Å². The third kappa shape index (κ3) is 3.73. The molecular formula is C15H14FN3O2S. The fourth-order valence-electron chi connectivity index (χ4n) is 1.97. The largest absolute Gasteiger partial charge is 0.301 e. The number of ketones is 1. The van der Waals surface area contributed by atoms with Gasteiger partial charge in [0.05, 0.1) is 0 Å². The predicted molar refractivity (Wildman–Crippen MR) is 80.5 cm³/mol. The smallest absolute Gasteiger partial charge is 0.226 e. The minimum absolute atomic E-state index is 0.0640. The zero-order valence-corrected chi connectivity index (χ0v) is 12.5. The molecule has 1 aromatic carbocycles. The molecule has 1 saturated carbocycles. The highest BCUT2D eigenvalue weighted by Crippen LogP contribution is 2.42. The van der Waals surface area contributed by atoms with Crippen LogP contribution in [0.1, 0.15) is 47.0 Å². The Morgan fingerprint density at radius 1 is 1.18 bits per heavy atom. The number of Topliss-reactive ketones (excluding diaryl/α,β-unsaturated/α-hetero) is 1. The third-order valence-corrected chi connectivity index (χ3v) is 4.36. The van der Waals surface area contributed by atoms with Gasteiger partial charge in [0, 0.05) is 24.3 Å². The van der Waals surface area contributed by atoms with Crippen molar-refractivity contribution < 1.29 is 14.0 Å². The fourth-order valence-corrected chi connectivity index (χ4v) is 2.90. The molecule has 3 rings (SSSR count). The van der Waals surface area contributed by atoms with E-state index < -0.39 is 5.82 Å². The second-order valence-corrected chi connectivity index (χ2v) is 6.21. The molecule has 1 amide bonds. The molecule has 5 nitrogen and oxygen atoms in total. The van der Waals surface area contributed by atoms with Crippen molar-refractivity contribution in [2.75, 3.05) is 5.32 Å². The molecule has 7 heteroatoms. The topological polar surface area (TPSA) is 72.0 Å². The Morgan fingerprint density at radius 3 is 2.59 bits per heavy atom. The van der Waals surface area contributed by atoms with Crippen LogP contribution in [0.25, 0.3) is 0 Å². The van der Waals surface area contributed by atoms with Gasteiger partial charge in [-0.25, -0.2) is 4.39 Å². The average Bonchev–Trinajstić information content (AvgIpc) is 3.26. The van der Waals surface area contributed by atoms with E-state index in [1.165, 1.54) is 35.6 Å². The number of amides is 1. The quantitative estimate of drug-likeness (QED) is 0.830. The average molecular weight is 319 g/mol. The summed E-state index contributed by atoms with van der Waals surface area (Å²) in [6.45, 7) is 0. The van der Waals surface area contributed by atoms with E-state index in [9.17, 15) is 14.0 Å². The van der Waals surface area contributed by atoms with Crippen molar-refractivity contribution in [3.63, 3.8) is 0 Å². The number of hydrogen-bond acceptors (Lipinski definition) is 5. The molecule has 1 heterocycles. The summed E-state index contributed by atoms with van der Waals surface area (Å²) in [6, 6.07) is 5.30. The van der Waals surface area contributed by atoms with E-state index in [1.54, 1.807) is 0 Å². The van der Waals surface area contributed by atoms with Crippen molar-refractivity contribution in [1.29, 1.82) is 0 Å². The first kappa shape index (κ1) is 14.8. The molecule has 1 N–H and O–H groups in total. The number of carbonyl (C=O) groups excluding carboxylic acids is 2. The van der Waals surface area contributed by atoms with Crippen LogP contribution in [0, 0.1) is 5.82 Å². The Labute approximate surface area is 130 Å². The van der Waals surface area contributed by atoms with E-state index in [-0.39, 0.29) is 24.5 Å². The van der Waals surface area contributed by atoms with Crippen molar-refractivity contribution in [2.45, 2.75) is 31.6 Å². The molecule has 1 aliphatic carbocycles. The number of rotatable bonds is 6. The number of nitrogens with zero attached hydrogens (tertiary/aromatic N) is 2. The zero-order valence-electron chi connectivity index (χ0n) is 11.7. The van der Waals surface area contributed by atoms with Gasteiger partial charge in [-0.2, -0.15) is 0 Å². The lowest BCUT2D eigenvalue weighted by Crippen LogP contribution is -2.13. The molecule has 0 saturated heterocycles. The summed E-state index contributed by atoms with van der Waals surface area (Å²) in [4.78, 5) is 23.7. The minimum atomic E-state index is -0.392. The molecule has 0 aliphatic heterocycles. The first-order valence-corrected chi connectivity index (χ1v) is 7.85. The van der Waals surface area contributed by atoms with Crippen molar-refractivity contribution in [1.82, 2.24) is 10.2 Å². The van der Waals surface area contributed by atoms with Crippen LogP contribution in [0.4, 0.5) is 9.52 Å². The number of aromatic nitrogens is 2. The number of carbonyl (C=O) groups is 2. The fraction of sp³-hybridized carbons (Fsp3) is 0.333. The van der Waals surface area contributed by atoms with Gasteiger partial charge in [-0.05, 0) is 37.1 Å². The molecule has 0 bridgehead atoms. The van der Waals surface area contributed by atoms with E-state index >= 15 is 0 Å². The highest BCUT2D eigenvalue weighted by molar-refractivity contribution is 7.15. The van der Waals surface area contributed by atoms with Crippen LogP contribution in [-0.4, -0.2) is 21.9 Å². The summed E-state index contributed by atoms with van der Waals surface area (Å²) in [5.74, 6) is -0.347. The van der Waals surface area contributed by atoms with Gasteiger partial charge < -0.3 is 5.32 Å². The number of halogens is 1. The Kier molecular flexibility index (Phi) is 4.24. The molecule has 0 spiro atoms. The molecule has 114 valence electrons. The summed E-state index contributed by atoms with van der Waals surface area (Å²) >= 11 is 1.38. The van der Waals surface area contributed by atoms with Crippen LogP contribution < -0.4 is 5.32 Å². The Balaban J connectivity index is 1.48. The standard InChI is InChI=1S/C15H14FN3O2S/c16-11-5-3-9(4-6-11)12(20)7-8-13(21)17-15-19-18-14(22-15)10-1-2-10/h3-6,10H,1-2,7-8H2,(H,17,19,21). The van der Waals surface area contributed by atoms with Crippen molar-refractivity contribution in [2.24, 2.45) is 0 Å². The van der Waals surface area contributed by atoms with Crippen molar-refractivity contribution in [3.8, 4) is 0 Å². The highest BCUT2D eigenvalue weighted by Gasteiger charge is 2.27. The van der Waals surface area contributed by atoms with Gasteiger partial charge in [0.2, 0.25) is 11.0 Å². The Bertz CT molecular complexity index is 695. The summed E-state index contributed by atoms with van der Waals surface area (Å²) < 4.78 is 12.8. The van der Waals surface area contributed by atoms with Crippen molar-refractivity contribution in [3.05, 3.63) is 40.7 Å². The van der Waals surface area contributed by atoms with E-state index in [2.05, 4.69) is 15.5 Å². The normalized spacial score (nSPS) is 13.9. The molecule has 2 aromatic rings. The second-order valence-electron chi connectivity index (χ2n) is 5.20. The molecule has 0 atom stereocenters. The molecule has 1 aromatic heterocycles. The molecule has 1 fully saturated rings. The number of hydrogen-bond donors (Lipinski definition) is 1. The zero-order chi connectivity index (χ0) is 15.5. The van der Waals surface area contributed by atoms with Gasteiger partial charge in [-0.15, -0.1) is 10.2 Å². The van der Waals surface area contributed by atoms with Gasteiger partial charge >= 0.3 is 0 Å². The van der Waals surface area contributed by atoms with E-state index in [0.717, 1.165) is 17.8 Å². The lowest BCUT2D eigenvalue weighted by atomic mass is 10.1. The predicted octanol–water partition coefficient (Wildman–Crippen LogP) is 3.16. The lowest BCUT2D eigenvalue weighted by molar-refractivity contribution is -0.116. The Hall–Kier alpha value is -2.15. The summed E-state index contributed by atoms with van der Waals surface area (Å²) in [5, 5.41) is 12.0. The van der Waals surface area contributed by atoms with Gasteiger partial charge in [-0.3, -0.25) is 9.59 Å². The number of benzene rings is 1. The van der Waals surface area contributed by atoms with E-state index in [1.807, 2.05) is 0 Å². The SMILES string of the molecule is O=C(CCC(=O)c1ccc(F)cc1)Nc1nnc(C2CC2)s1. The van der Waals surface area contributed by atoms with E-state index in [4.69, 9.17) is 0 Å². The van der Waals surface area contributed by atoms with Gasteiger partial charge in [0.15, 0.2) is 5.78 Å². The maximum atomic E-state index is 12.8. The maximum Gasteiger partial charge on any atom is 0.226 e. The van der Waals surface area contributed by atoms with Gasteiger partial charge in [0.25, 0.3) is 0 Å². The summed E-state index contributed by atoms with van der Waals surface area (Å²) in [5.41, 5.74) is 0.404. The van der Waals surface area contributed by atoms with Crippen LogP contribution in [0.5, 0.6) is 0 Å². The highest BCUT2D eigenvalue weighted by atomic mass is 32.1. The molecular weight excluding hydrogens is 305 g/mol. The van der Waals surface area contributed by atoms with Crippen LogP contribution >= 0.6 is 11.3 Å². The maximum absolute atomic E-state index is 12.8. The van der Waals surface area contributed by atoms with Crippen LogP contribution in [0.3, 0.4) is 0 Å². The van der Waals surface area contributed by atoms with Crippen LogP contribution in [0.2, 0.25) is 0 Å². The second kappa shape index (κ2) is 6.31. The summed E-state index contributed by atoms with van der Waals surface area (Å²) in [6.07, 6.45) is 2.41. The minimum Gasteiger partial charge on any atom is -0.301 e. The molecule has 22 heavy (non-hydrogen) atoms. The molecule has 1 aliphatic rings. The van der Waals surface area contributed by atoms with Gasteiger partial charge in [-0.1, -0.05) is 11.3 Å². The first-order valence-electron chi connectivity index (χ1n) is 7.04. The molecule has 0 radical (unpaired) electrons. The van der Waals surface area contributed by atoms with Crippen molar-refractivity contribution >= 4 is 28.2 Å². The van der Waals surface area contributed by atoms with Crippen LogP contribution in [-0.2, 0) is 4.79 Å².